The van der Waals surface area contributed by atoms with Gasteiger partial charge in [-0.05, 0) is 6.92 Å². The van der Waals surface area contributed by atoms with Gasteiger partial charge in [-0.3, -0.25) is 4.99 Å². The summed E-state index contributed by atoms with van der Waals surface area (Å²) in [6.45, 7) is 4.00. The summed E-state index contributed by atoms with van der Waals surface area (Å²) < 4.78 is 0. The van der Waals surface area contributed by atoms with Crippen molar-refractivity contribution < 1.29 is 0 Å². The molecule has 0 N–H and O–H groups in total. The summed E-state index contributed by atoms with van der Waals surface area (Å²) >= 11 is 5.66. The van der Waals surface area contributed by atoms with Gasteiger partial charge in [-0.1, -0.05) is 0 Å². The number of rotatable bonds is 2. The van der Waals surface area contributed by atoms with Gasteiger partial charge < -0.3 is 4.90 Å². The molecule has 0 aromatic carbocycles. The first-order valence-electron chi connectivity index (χ1n) is 3.20. The maximum atomic E-state index is 5.66. The minimum absolute atomic E-state index is 0.455. The van der Waals surface area contributed by atoms with Crippen LogP contribution in [0.5, 0.6) is 0 Å². The Morgan fingerprint density at radius 2 is 2.67 bits per heavy atom. The molecule has 2 nitrogen and oxygen atoms in total. The van der Waals surface area contributed by atoms with Gasteiger partial charge in [-0.15, -0.1) is 11.6 Å². The molecule has 0 saturated carbocycles. The summed E-state index contributed by atoms with van der Waals surface area (Å²) in [5.41, 5.74) is 0. The molecule has 1 rings (SSSR count). The fraction of sp³-hybridized carbons (Fsp3) is 0.833. The molecule has 1 aliphatic rings. The normalized spacial score (nSPS) is 25.6. The van der Waals surface area contributed by atoms with Gasteiger partial charge in [0.05, 0.1) is 18.9 Å². The van der Waals surface area contributed by atoms with Gasteiger partial charge in [-0.25, -0.2) is 0 Å². The smallest absolute Gasteiger partial charge is 0.0854 e. The SMILES string of the molecule is CCN1C=NCC1CCl. The molecule has 1 heterocycles. The fourth-order valence-electron chi connectivity index (χ4n) is 0.950. The lowest BCUT2D eigenvalue weighted by molar-refractivity contribution is 0.393. The van der Waals surface area contributed by atoms with E-state index < -0.39 is 0 Å². The molecule has 9 heavy (non-hydrogen) atoms. The second-order valence-electron chi connectivity index (χ2n) is 2.12. The molecule has 0 bridgehead atoms. The Labute approximate surface area is 60.5 Å². The molecule has 0 aliphatic carbocycles. The minimum Gasteiger partial charge on any atom is -0.357 e. The van der Waals surface area contributed by atoms with E-state index in [2.05, 4.69) is 16.8 Å². The molecule has 1 unspecified atom stereocenters. The molecule has 3 heteroatoms. The minimum atomic E-state index is 0.455. The van der Waals surface area contributed by atoms with Crippen molar-refractivity contribution in [2.75, 3.05) is 19.0 Å². The van der Waals surface area contributed by atoms with E-state index in [0.29, 0.717) is 11.9 Å². The Kier molecular flexibility index (Phi) is 2.34. The zero-order valence-corrected chi connectivity index (χ0v) is 6.30. The summed E-state index contributed by atoms with van der Waals surface area (Å²) in [4.78, 5) is 6.26. The van der Waals surface area contributed by atoms with Gasteiger partial charge in [0.25, 0.3) is 0 Å². The summed E-state index contributed by atoms with van der Waals surface area (Å²) in [7, 11) is 0. The van der Waals surface area contributed by atoms with Crippen LogP contribution < -0.4 is 0 Å². The molecule has 0 saturated heterocycles. The Hall–Kier alpha value is -0.240. The first kappa shape index (κ1) is 6.87. The van der Waals surface area contributed by atoms with E-state index in [-0.39, 0.29) is 0 Å². The second-order valence-corrected chi connectivity index (χ2v) is 2.43. The van der Waals surface area contributed by atoms with E-state index >= 15 is 0 Å². The lowest BCUT2D eigenvalue weighted by Crippen LogP contribution is -2.32. The van der Waals surface area contributed by atoms with Gasteiger partial charge in [0, 0.05) is 12.4 Å². The Morgan fingerprint density at radius 1 is 1.89 bits per heavy atom. The third kappa shape index (κ3) is 1.36. The summed E-state index contributed by atoms with van der Waals surface area (Å²) in [6.07, 6.45) is 1.88. The zero-order chi connectivity index (χ0) is 6.69. The lowest BCUT2D eigenvalue weighted by atomic mass is 10.3. The first-order chi connectivity index (χ1) is 4.38. The van der Waals surface area contributed by atoms with Crippen LogP contribution in [0, 0.1) is 0 Å². The van der Waals surface area contributed by atoms with Gasteiger partial charge in [0.15, 0.2) is 0 Å². The maximum absolute atomic E-state index is 5.66. The van der Waals surface area contributed by atoms with Crippen molar-refractivity contribution in [2.45, 2.75) is 13.0 Å². The van der Waals surface area contributed by atoms with Crippen molar-refractivity contribution in [2.24, 2.45) is 4.99 Å². The highest BCUT2D eigenvalue weighted by atomic mass is 35.5. The average molecular weight is 147 g/mol. The van der Waals surface area contributed by atoms with Gasteiger partial charge >= 0.3 is 0 Å². The highest BCUT2D eigenvalue weighted by molar-refractivity contribution is 6.18. The second kappa shape index (κ2) is 3.06. The van der Waals surface area contributed by atoms with Crippen LogP contribution in [0.3, 0.4) is 0 Å². The number of aliphatic imine (C=N–C) groups is 1. The molecule has 0 radical (unpaired) electrons. The molecule has 0 fully saturated rings. The van der Waals surface area contributed by atoms with E-state index in [1.807, 2.05) is 6.34 Å². The number of likely N-dealkylation sites (N-methyl/N-ethyl adjacent to an activating group) is 1. The van der Waals surface area contributed by atoms with E-state index in [1.54, 1.807) is 0 Å². The molecule has 1 atom stereocenters. The van der Waals surface area contributed by atoms with Crippen molar-refractivity contribution in [3.05, 3.63) is 0 Å². The molecular weight excluding hydrogens is 136 g/mol. The Bertz CT molecular complexity index is 114. The first-order valence-corrected chi connectivity index (χ1v) is 3.73. The number of halogens is 1. The quantitative estimate of drug-likeness (QED) is 0.530. The fourth-order valence-corrected chi connectivity index (χ4v) is 1.22. The van der Waals surface area contributed by atoms with Crippen LogP contribution in [0.15, 0.2) is 4.99 Å². The number of hydrogen-bond donors (Lipinski definition) is 0. The Morgan fingerprint density at radius 3 is 3.11 bits per heavy atom. The van der Waals surface area contributed by atoms with Crippen LogP contribution in [0.1, 0.15) is 6.92 Å². The molecule has 0 amide bonds. The van der Waals surface area contributed by atoms with Crippen LogP contribution in [0.25, 0.3) is 0 Å². The highest BCUT2D eigenvalue weighted by Crippen LogP contribution is 2.05. The molecule has 0 aromatic heterocycles. The largest absolute Gasteiger partial charge is 0.357 e. The molecule has 52 valence electrons. The van der Waals surface area contributed by atoms with Crippen molar-refractivity contribution in [1.29, 1.82) is 0 Å². The van der Waals surface area contributed by atoms with Gasteiger partial charge in [0.2, 0.25) is 0 Å². The third-order valence-corrected chi connectivity index (χ3v) is 1.91. The predicted octanol–water partition coefficient (Wildman–Crippen LogP) is 0.958. The van der Waals surface area contributed by atoms with Gasteiger partial charge in [-0.2, -0.15) is 0 Å². The summed E-state index contributed by atoms with van der Waals surface area (Å²) in [6, 6.07) is 0.455. The zero-order valence-electron chi connectivity index (χ0n) is 5.55. The number of alkyl halides is 1. The summed E-state index contributed by atoms with van der Waals surface area (Å²) in [5, 5.41) is 0. The maximum Gasteiger partial charge on any atom is 0.0854 e. The highest BCUT2D eigenvalue weighted by Gasteiger charge is 2.16. The van der Waals surface area contributed by atoms with Crippen LogP contribution >= 0.6 is 11.6 Å². The molecular formula is C6H11ClN2. The van der Waals surface area contributed by atoms with Crippen LogP contribution in [0.4, 0.5) is 0 Å². The lowest BCUT2D eigenvalue weighted by Gasteiger charge is -2.19. The van der Waals surface area contributed by atoms with Crippen LogP contribution in [-0.4, -0.2) is 36.2 Å². The van der Waals surface area contributed by atoms with E-state index in [0.717, 1.165) is 13.1 Å². The third-order valence-electron chi connectivity index (χ3n) is 1.56. The van der Waals surface area contributed by atoms with Crippen molar-refractivity contribution in [3.63, 3.8) is 0 Å². The van der Waals surface area contributed by atoms with Crippen molar-refractivity contribution in [1.82, 2.24) is 4.90 Å². The van der Waals surface area contributed by atoms with Crippen LogP contribution in [0.2, 0.25) is 0 Å². The molecule has 1 aliphatic heterocycles. The van der Waals surface area contributed by atoms with Crippen molar-refractivity contribution >= 4 is 17.9 Å². The predicted molar refractivity (Wildman–Crippen MR) is 40.2 cm³/mol. The van der Waals surface area contributed by atoms with E-state index in [9.17, 15) is 0 Å². The van der Waals surface area contributed by atoms with Crippen molar-refractivity contribution in [3.8, 4) is 0 Å². The molecule has 0 aromatic rings. The van der Waals surface area contributed by atoms with E-state index in [4.69, 9.17) is 11.6 Å². The monoisotopic (exact) mass is 146 g/mol. The average Bonchev–Trinajstić information content (AvgIpc) is 2.33. The van der Waals surface area contributed by atoms with Gasteiger partial charge in [0.1, 0.15) is 0 Å². The topological polar surface area (TPSA) is 15.6 Å². The number of nitrogens with zero attached hydrogens (tertiary/aromatic N) is 2. The molecule has 0 spiro atoms. The number of hydrogen-bond acceptors (Lipinski definition) is 2. The van der Waals surface area contributed by atoms with E-state index in [1.165, 1.54) is 0 Å². The standard InChI is InChI=1S/C6H11ClN2/c1-2-9-5-8-4-6(9)3-7/h5-6H,2-4H2,1H3. The van der Waals surface area contributed by atoms with Crippen LogP contribution in [-0.2, 0) is 0 Å². The summed E-state index contributed by atoms with van der Waals surface area (Å²) in [5.74, 6) is 0.688. The Balaban J connectivity index is 2.39.